The van der Waals surface area contributed by atoms with E-state index in [1.54, 1.807) is 12.1 Å². The number of likely N-dealkylation sites (N-methyl/N-ethyl adjacent to an activating group) is 1. The third-order valence-electron chi connectivity index (χ3n) is 7.08. The molecule has 4 rings (SSSR count). The third-order valence-corrected chi connectivity index (χ3v) is 7.33. The molecule has 2 atom stereocenters. The Morgan fingerprint density at radius 2 is 1.59 bits per heavy atom. The highest BCUT2D eigenvalue weighted by atomic mass is 35.5. The Labute approximate surface area is 223 Å². The maximum atomic E-state index is 13.9. The van der Waals surface area contributed by atoms with Gasteiger partial charge in [-0.1, -0.05) is 50.6 Å². The number of carbonyl (C=O) groups excluding carboxylic acids is 2. The number of fused-ring (bicyclic) bond motifs is 1. The van der Waals surface area contributed by atoms with E-state index in [-0.39, 0.29) is 29.7 Å². The summed E-state index contributed by atoms with van der Waals surface area (Å²) in [4.78, 5) is 33.3. The second kappa shape index (κ2) is 11.9. The normalized spacial score (nSPS) is 17.0. The first-order valence-corrected chi connectivity index (χ1v) is 13.2. The van der Waals surface area contributed by atoms with E-state index in [0.29, 0.717) is 30.0 Å². The highest BCUT2D eigenvalue weighted by Gasteiger charge is 2.40. The fourth-order valence-electron chi connectivity index (χ4n) is 5.13. The molecule has 1 unspecified atom stereocenters. The summed E-state index contributed by atoms with van der Waals surface area (Å²) >= 11 is 6.15. The molecular formula is C30H33ClFN3O2. The molecule has 37 heavy (non-hydrogen) atoms. The van der Waals surface area contributed by atoms with Crippen molar-refractivity contribution in [2.24, 2.45) is 0 Å². The van der Waals surface area contributed by atoms with Crippen molar-refractivity contribution < 1.29 is 14.0 Å². The number of benzene rings is 3. The number of anilines is 2. The summed E-state index contributed by atoms with van der Waals surface area (Å²) < 4.78 is 13.6. The molecule has 0 saturated carbocycles. The first-order valence-electron chi connectivity index (χ1n) is 12.9. The van der Waals surface area contributed by atoms with Gasteiger partial charge in [0, 0.05) is 34.9 Å². The van der Waals surface area contributed by atoms with Crippen LogP contribution in [0, 0.1) is 5.82 Å². The summed E-state index contributed by atoms with van der Waals surface area (Å²) in [7, 11) is 0. The monoisotopic (exact) mass is 521 g/mol. The molecule has 3 aromatic carbocycles. The Morgan fingerprint density at radius 3 is 2.22 bits per heavy atom. The van der Waals surface area contributed by atoms with E-state index in [9.17, 15) is 14.0 Å². The maximum Gasteiger partial charge on any atom is 0.258 e. The van der Waals surface area contributed by atoms with Crippen LogP contribution in [-0.4, -0.2) is 42.4 Å². The molecule has 0 saturated heterocycles. The minimum absolute atomic E-state index is 0.00188. The van der Waals surface area contributed by atoms with E-state index in [1.807, 2.05) is 53.1 Å². The number of halogens is 2. The zero-order chi connectivity index (χ0) is 26.5. The summed E-state index contributed by atoms with van der Waals surface area (Å²) in [6.07, 6.45) is 0.912. The van der Waals surface area contributed by atoms with Crippen LogP contribution in [0.15, 0.2) is 72.8 Å². The van der Waals surface area contributed by atoms with Gasteiger partial charge in [0.2, 0.25) is 5.91 Å². The zero-order valence-corrected chi connectivity index (χ0v) is 22.3. The van der Waals surface area contributed by atoms with Crippen LogP contribution in [0.5, 0.6) is 0 Å². The smallest absolute Gasteiger partial charge is 0.258 e. The number of hydrogen-bond acceptors (Lipinski definition) is 3. The van der Waals surface area contributed by atoms with Crippen LogP contribution in [0.3, 0.4) is 0 Å². The standard InChI is InChI=1S/C30H33ClFN3O2/c1-4-29(36)34(24-17-13-22(31)14-18-24)28-19-25(20-33(5-2)6-3)35(27-10-8-7-9-26(27)28)30(37)21-11-15-23(32)16-12-21/h7-18,25,28H,4-6,19-20H2,1-3H3/t25-,28?/m0/s1. The number of nitrogens with zero attached hydrogens (tertiary/aromatic N) is 3. The molecule has 0 radical (unpaired) electrons. The Bertz CT molecular complexity index is 1230. The SMILES string of the molecule is CCC(=O)N(c1ccc(Cl)cc1)C1C[C@@H](CN(CC)CC)N(C(=O)c2ccc(F)cc2)c2ccccc21. The quantitative estimate of drug-likeness (QED) is 0.330. The molecule has 0 N–H and O–H groups in total. The summed E-state index contributed by atoms with van der Waals surface area (Å²) in [6, 6.07) is 20.3. The minimum atomic E-state index is -0.382. The van der Waals surface area contributed by atoms with Gasteiger partial charge in [0.25, 0.3) is 5.91 Å². The average Bonchev–Trinajstić information content (AvgIpc) is 2.92. The first kappa shape index (κ1) is 26.8. The van der Waals surface area contributed by atoms with Crippen LogP contribution in [0.25, 0.3) is 0 Å². The molecule has 1 heterocycles. The van der Waals surface area contributed by atoms with Crippen molar-refractivity contribution in [1.82, 2.24) is 4.90 Å². The Hall–Kier alpha value is -3.22. The summed E-state index contributed by atoms with van der Waals surface area (Å²) in [6.45, 7) is 8.39. The van der Waals surface area contributed by atoms with E-state index in [0.717, 1.165) is 30.0 Å². The molecule has 0 bridgehead atoms. The van der Waals surface area contributed by atoms with Crippen molar-refractivity contribution >= 4 is 34.8 Å². The highest BCUT2D eigenvalue weighted by Crippen LogP contribution is 2.43. The fourth-order valence-corrected chi connectivity index (χ4v) is 5.26. The Morgan fingerprint density at radius 1 is 0.946 bits per heavy atom. The zero-order valence-electron chi connectivity index (χ0n) is 21.5. The molecule has 1 aliphatic rings. The molecule has 0 fully saturated rings. The van der Waals surface area contributed by atoms with E-state index in [2.05, 4.69) is 18.7 Å². The molecule has 3 aromatic rings. The number of hydrogen-bond donors (Lipinski definition) is 0. The fraction of sp³-hybridized carbons (Fsp3) is 0.333. The Kier molecular flexibility index (Phi) is 8.62. The highest BCUT2D eigenvalue weighted by molar-refractivity contribution is 6.30. The lowest BCUT2D eigenvalue weighted by atomic mass is 9.88. The van der Waals surface area contributed by atoms with Gasteiger partial charge < -0.3 is 14.7 Å². The van der Waals surface area contributed by atoms with E-state index >= 15 is 0 Å². The lowest BCUT2D eigenvalue weighted by molar-refractivity contribution is -0.118. The number of rotatable bonds is 8. The summed E-state index contributed by atoms with van der Waals surface area (Å²) in [5, 5.41) is 0.604. The van der Waals surface area contributed by atoms with Crippen LogP contribution < -0.4 is 9.80 Å². The number of para-hydroxylation sites is 1. The van der Waals surface area contributed by atoms with Gasteiger partial charge in [0.05, 0.1) is 12.1 Å². The van der Waals surface area contributed by atoms with Crippen LogP contribution in [0.1, 0.15) is 55.6 Å². The van der Waals surface area contributed by atoms with Gasteiger partial charge in [-0.2, -0.15) is 0 Å². The third kappa shape index (κ3) is 5.71. The van der Waals surface area contributed by atoms with Gasteiger partial charge in [-0.15, -0.1) is 0 Å². The van der Waals surface area contributed by atoms with Crippen molar-refractivity contribution in [1.29, 1.82) is 0 Å². The molecule has 7 heteroatoms. The molecule has 5 nitrogen and oxygen atoms in total. The van der Waals surface area contributed by atoms with E-state index < -0.39 is 0 Å². The predicted molar refractivity (Wildman–Crippen MR) is 148 cm³/mol. The van der Waals surface area contributed by atoms with Crippen molar-refractivity contribution in [2.75, 3.05) is 29.4 Å². The van der Waals surface area contributed by atoms with Crippen LogP contribution >= 0.6 is 11.6 Å². The van der Waals surface area contributed by atoms with Crippen molar-refractivity contribution in [3.05, 3.63) is 94.8 Å². The predicted octanol–water partition coefficient (Wildman–Crippen LogP) is 6.72. The van der Waals surface area contributed by atoms with Gasteiger partial charge in [-0.25, -0.2) is 4.39 Å². The average molecular weight is 522 g/mol. The molecule has 0 aliphatic carbocycles. The van der Waals surface area contributed by atoms with Gasteiger partial charge in [0.15, 0.2) is 0 Å². The van der Waals surface area contributed by atoms with Crippen LogP contribution in [-0.2, 0) is 4.79 Å². The number of amides is 2. The van der Waals surface area contributed by atoms with E-state index in [4.69, 9.17) is 11.6 Å². The molecule has 1 aliphatic heterocycles. The topological polar surface area (TPSA) is 43.9 Å². The van der Waals surface area contributed by atoms with Gasteiger partial charge in [0.1, 0.15) is 5.82 Å². The first-order chi connectivity index (χ1) is 17.9. The molecular weight excluding hydrogens is 489 g/mol. The van der Waals surface area contributed by atoms with E-state index in [1.165, 1.54) is 24.3 Å². The Balaban J connectivity index is 1.85. The molecule has 0 aromatic heterocycles. The molecule has 2 amide bonds. The summed E-state index contributed by atoms with van der Waals surface area (Å²) in [5.74, 6) is -0.558. The number of carbonyl (C=O) groups is 2. The lowest BCUT2D eigenvalue weighted by Crippen LogP contribution is -2.53. The lowest BCUT2D eigenvalue weighted by Gasteiger charge is -2.46. The largest absolute Gasteiger partial charge is 0.305 e. The van der Waals surface area contributed by atoms with Gasteiger partial charge in [-0.3, -0.25) is 9.59 Å². The van der Waals surface area contributed by atoms with Gasteiger partial charge in [-0.05, 0) is 79.7 Å². The second-order valence-corrected chi connectivity index (χ2v) is 9.66. The van der Waals surface area contributed by atoms with Crippen molar-refractivity contribution in [2.45, 2.75) is 45.7 Å². The molecule has 194 valence electrons. The van der Waals surface area contributed by atoms with Crippen molar-refractivity contribution in [3.8, 4) is 0 Å². The minimum Gasteiger partial charge on any atom is -0.305 e. The van der Waals surface area contributed by atoms with Gasteiger partial charge >= 0.3 is 0 Å². The van der Waals surface area contributed by atoms with Crippen LogP contribution in [0.2, 0.25) is 5.02 Å². The van der Waals surface area contributed by atoms with Crippen LogP contribution in [0.4, 0.5) is 15.8 Å². The van der Waals surface area contributed by atoms with Crippen molar-refractivity contribution in [3.63, 3.8) is 0 Å². The second-order valence-electron chi connectivity index (χ2n) is 9.23. The molecule has 0 spiro atoms. The summed E-state index contributed by atoms with van der Waals surface area (Å²) in [5.41, 5.74) is 2.88. The maximum absolute atomic E-state index is 13.9.